The number of phenols is 2. The third kappa shape index (κ3) is 4.04. The number of thioether (sulfide) groups is 1. The van der Waals surface area contributed by atoms with Crippen LogP contribution in [0.25, 0.3) is 16.6 Å². The summed E-state index contributed by atoms with van der Waals surface area (Å²) in [6.07, 6.45) is 0. The number of aryl methyl sites for hydroxylation is 2. The van der Waals surface area contributed by atoms with Gasteiger partial charge in [0.15, 0.2) is 10.9 Å². The standard InChI is InChI=1S/C24H20N2O4S/c1-14-7-8-15(2)20(11-14)26-23(30)17-5-3-4-6-19(17)25-24(26)31-13-22(29)18-10-9-16(27)12-21(18)28/h3-12,27-28H,13H2,1-2H3. The van der Waals surface area contributed by atoms with Gasteiger partial charge in [0.1, 0.15) is 11.5 Å². The molecule has 2 N–H and O–H groups in total. The van der Waals surface area contributed by atoms with Gasteiger partial charge < -0.3 is 10.2 Å². The Morgan fingerprint density at radius 3 is 2.58 bits per heavy atom. The number of para-hydroxylation sites is 1. The number of Topliss-reactive ketones (excluding diaryl/α,β-unsaturated/α-hetero) is 1. The van der Waals surface area contributed by atoms with Crippen molar-refractivity contribution < 1.29 is 15.0 Å². The molecule has 0 saturated heterocycles. The van der Waals surface area contributed by atoms with Gasteiger partial charge in [-0.3, -0.25) is 14.2 Å². The lowest BCUT2D eigenvalue weighted by atomic mass is 10.1. The van der Waals surface area contributed by atoms with Crippen LogP contribution < -0.4 is 5.56 Å². The van der Waals surface area contributed by atoms with Crippen molar-refractivity contribution in [1.29, 1.82) is 0 Å². The number of benzene rings is 3. The zero-order chi connectivity index (χ0) is 22.1. The minimum atomic E-state index is -0.336. The first-order valence-electron chi connectivity index (χ1n) is 9.62. The first-order chi connectivity index (χ1) is 14.8. The number of carbonyl (C=O) groups is 1. The number of rotatable bonds is 5. The molecule has 0 bridgehead atoms. The summed E-state index contributed by atoms with van der Waals surface area (Å²) in [5, 5.41) is 20.3. The third-order valence-corrected chi connectivity index (χ3v) is 5.90. The van der Waals surface area contributed by atoms with Crippen molar-refractivity contribution in [2.45, 2.75) is 19.0 Å². The van der Waals surface area contributed by atoms with Gasteiger partial charge in [0.05, 0.1) is 27.9 Å². The van der Waals surface area contributed by atoms with Gasteiger partial charge in [0.2, 0.25) is 0 Å². The Morgan fingerprint density at radius 1 is 1.03 bits per heavy atom. The molecule has 0 unspecified atom stereocenters. The van der Waals surface area contributed by atoms with Crippen LogP contribution in [0.15, 0.2) is 70.6 Å². The molecule has 0 aliphatic heterocycles. The first-order valence-corrected chi connectivity index (χ1v) is 10.6. The number of hydrogen-bond acceptors (Lipinski definition) is 6. The van der Waals surface area contributed by atoms with Gasteiger partial charge >= 0.3 is 0 Å². The molecule has 0 atom stereocenters. The highest BCUT2D eigenvalue weighted by Gasteiger charge is 2.18. The highest BCUT2D eigenvalue weighted by Crippen LogP contribution is 2.27. The van der Waals surface area contributed by atoms with E-state index in [0.29, 0.717) is 21.7 Å². The zero-order valence-corrected chi connectivity index (χ0v) is 17.8. The van der Waals surface area contributed by atoms with Gasteiger partial charge in [0, 0.05) is 6.07 Å². The molecule has 1 aromatic heterocycles. The lowest BCUT2D eigenvalue weighted by Gasteiger charge is -2.15. The van der Waals surface area contributed by atoms with Crippen LogP contribution in [-0.2, 0) is 0 Å². The van der Waals surface area contributed by atoms with Crippen molar-refractivity contribution in [3.05, 3.63) is 87.7 Å². The fourth-order valence-electron chi connectivity index (χ4n) is 3.35. The van der Waals surface area contributed by atoms with Crippen molar-refractivity contribution in [2.75, 3.05) is 5.75 Å². The van der Waals surface area contributed by atoms with E-state index >= 15 is 0 Å². The Bertz CT molecular complexity index is 1380. The highest BCUT2D eigenvalue weighted by atomic mass is 32.2. The van der Waals surface area contributed by atoms with E-state index in [9.17, 15) is 19.8 Å². The van der Waals surface area contributed by atoms with E-state index in [1.54, 1.807) is 22.8 Å². The van der Waals surface area contributed by atoms with E-state index < -0.39 is 0 Å². The lowest BCUT2D eigenvalue weighted by molar-refractivity contribution is 0.102. The summed E-state index contributed by atoms with van der Waals surface area (Å²) in [7, 11) is 0. The Kier molecular flexibility index (Phi) is 5.52. The zero-order valence-electron chi connectivity index (χ0n) is 17.0. The average Bonchev–Trinajstić information content (AvgIpc) is 2.74. The molecular weight excluding hydrogens is 412 g/mol. The monoisotopic (exact) mass is 432 g/mol. The van der Waals surface area contributed by atoms with Gasteiger partial charge in [0.25, 0.3) is 5.56 Å². The molecule has 156 valence electrons. The fourth-order valence-corrected chi connectivity index (χ4v) is 4.23. The number of phenolic OH excluding ortho intramolecular Hbond substituents is 2. The molecule has 1 heterocycles. The molecule has 0 aliphatic carbocycles. The van der Waals surface area contributed by atoms with E-state index in [1.165, 1.54) is 12.1 Å². The second kappa shape index (κ2) is 8.28. The number of fused-ring (bicyclic) bond motifs is 1. The maximum absolute atomic E-state index is 13.4. The fraction of sp³-hybridized carbons (Fsp3) is 0.125. The summed E-state index contributed by atoms with van der Waals surface area (Å²) < 4.78 is 1.54. The van der Waals surface area contributed by atoms with Gasteiger partial charge in [-0.15, -0.1) is 0 Å². The molecule has 0 spiro atoms. The minimum absolute atomic E-state index is 0.0338. The second-order valence-corrected chi connectivity index (χ2v) is 8.20. The summed E-state index contributed by atoms with van der Waals surface area (Å²) in [6, 6.07) is 16.8. The quantitative estimate of drug-likeness (QED) is 0.276. The lowest BCUT2D eigenvalue weighted by Crippen LogP contribution is -2.23. The molecule has 4 rings (SSSR count). The molecule has 0 saturated carbocycles. The van der Waals surface area contributed by atoms with E-state index in [-0.39, 0.29) is 34.2 Å². The SMILES string of the molecule is Cc1ccc(C)c(-n2c(SCC(=O)c3ccc(O)cc3O)nc3ccccc3c2=O)c1. The Hall–Kier alpha value is -3.58. The molecule has 6 nitrogen and oxygen atoms in total. The Balaban J connectivity index is 1.80. The molecule has 0 radical (unpaired) electrons. The van der Waals surface area contributed by atoms with Crippen molar-refractivity contribution in [3.8, 4) is 17.2 Å². The van der Waals surface area contributed by atoms with E-state index in [4.69, 9.17) is 0 Å². The Labute approximate surface area is 182 Å². The summed E-state index contributed by atoms with van der Waals surface area (Å²) >= 11 is 1.13. The van der Waals surface area contributed by atoms with Crippen LogP contribution in [0.1, 0.15) is 21.5 Å². The number of nitrogens with zero attached hydrogens (tertiary/aromatic N) is 2. The molecule has 3 aromatic carbocycles. The molecule has 7 heteroatoms. The van der Waals surface area contributed by atoms with Crippen LogP contribution >= 0.6 is 11.8 Å². The van der Waals surface area contributed by atoms with Crippen LogP contribution in [0.5, 0.6) is 11.5 Å². The predicted octanol–water partition coefficient (Wildman–Crippen LogP) is 4.39. The second-order valence-electron chi connectivity index (χ2n) is 7.26. The maximum atomic E-state index is 13.4. The third-order valence-electron chi connectivity index (χ3n) is 4.96. The number of carbonyl (C=O) groups excluding carboxylic acids is 1. The Morgan fingerprint density at radius 2 is 1.81 bits per heavy atom. The van der Waals surface area contributed by atoms with E-state index in [0.717, 1.165) is 29.0 Å². The van der Waals surface area contributed by atoms with Crippen LogP contribution in [0.2, 0.25) is 0 Å². The van der Waals surface area contributed by atoms with Crippen molar-refractivity contribution in [1.82, 2.24) is 9.55 Å². The highest BCUT2D eigenvalue weighted by molar-refractivity contribution is 7.99. The largest absolute Gasteiger partial charge is 0.508 e. The maximum Gasteiger partial charge on any atom is 0.266 e. The topological polar surface area (TPSA) is 92.4 Å². The summed E-state index contributed by atoms with van der Waals surface area (Å²) in [4.78, 5) is 30.7. The first kappa shape index (κ1) is 20.7. The molecule has 4 aromatic rings. The minimum Gasteiger partial charge on any atom is -0.508 e. The number of aromatic hydroxyl groups is 2. The number of ketones is 1. The van der Waals surface area contributed by atoms with Crippen LogP contribution in [0.3, 0.4) is 0 Å². The van der Waals surface area contributed by atoms with Crippen LogP contribution in [0, 0.1) is 13.8 Å². The number of hydrogen-bond donors (Lipinski definition) is 2. The molecular formula is C24H20N2O4S. The molecule has 0 fully saturated rings. The van der Waals surface area contributed by atoms with Gasteiger partial charge in [-0.25, -0.2) is 4.98 Å². The van der Waals surface area contributed by atoms with E-state index in [2.05, 4.69) is 4.98 Å². The van der Waals surface area contributed by atoms with Gasteiger partial charge in [-0.05, 0) is 55.3 Å². The summed E-state index contributed by atoms with van der Waals surface area (Å²) in [5.41, 5.74) is 3.08. The van der Waals surface area contributed by atoms with E-state index in [1.807, 2.05) is 38.1 Å². The normalized spacial score (nSPS) is 11.0. The van der Waals surface area contributed by atoms with Crippen LogP contribution in [-0.4, -0.2) is 31.3 Å². The summed E-state index contributed by atoms with van der Waals surface area (Å²) in [6.45, 7) is 3.87. The molecule has 0 aliphatic rings. The summed E-state index contributed by atoms with van der Waals surface area (Å²) in [5.74, 6) is -0.781. The van der Waals surface area contributed by atoms with Crippen molar-refractivity contribution >= 4 is 28.4 Å². The number of aromatic nitrogens is 2. The smallest absolute Gasteiger partial charge is 0.266 e. The molecule has 31 heavy (non-hydrogen) atoms. The van der Waals surface area contributed by atoms with Gasteiger partial charge in [-0.1, -0.05) is 36.0 Å². The predicted molar refractivity (Wildman–Crippen MR) is 122 cm³/mol. The average molecular weight is 433 g/mol. The van der Waals surface area contributed by atoms with Crippen molar-refractivity contribution in [2.24, 2.45) is 0 Å². The van der Waals surface area contributed by atoms with Crippen molar-refractivity contribution in [3.63, 3.8) is 0 Å². The van der Waals surface area contributed by atoms with Crippen LogP contribution in [0.4, 0.5) is 0 Å². The molecule has 0 amide bonds. The van der Waals surface area contributed by atoms with Gasteiger partial charge in [-0.2, -0.15) is 0 Å².